The Bertz CT molecular complexity index is 509. The summed E-state index contributed by atoms with van der Waals surface area (Å²) in [5.41, 5.74) is 1.81. The van der Waals surface area contributed by atoms with Crippen LogP contribution in [-0.4, -0.2) is 25.0 Å². The van der Waals surface area contributed by atoms with Gasteiger partial charge in [0.1, 0.15) is 0 Å². The second kappa shape index (κ2) is 12.0. The number of piperidine rings is 1. The molecule has 3 N–H and O–H groups in total. The molecular formula is C17H28BrCl2N3O. The molecule has 0 bridgehead atoms. The SMILES string of the molecule is CC(C)Nc1ccc(Br)cc1NC(=O)CCC1CCNCC1.Cl.Cl. The fourth-order valence-corrected chi connectivity index (χ4v) is 3.14. The van der Waals surface area contributed by atoms with Gasteiger partial charge in [-0.25, -0.2) is 0 Å². The Kier molecular flexibility index (Phi) is 11.7. The molecule has 0 spiro atoms. The van der Waals surface area contributed by atoms with Gasteiger partial charge in [0, 0.05) is 16.9 Å². The van der Waals surface area contributed by atoms with Crippen molar-refractivity contribution in [2.75, 3.05) is 23.7 Å². The number of rotatable bonds is 6. The first-order valence-corrected chi connectivity index (χ1v) is 8.90. The molecule has 0 unspecified atom stereocenters. The number of anilines is 2. The van der Waals surface area contributed by atoms with Crippen molar-refractivity contribution in [1.29, 1.82) is 0 Å². The molecule has 24 heavy (non-hydrogen) atoms. The molecule has 0 radical (unpaired) electrons. The van der Waals surface area contributed by atoms with Crippen molar-refractivity contribution in [3.8, 4) is 0 Å². The van der Waals surface area contributed by atoms with Gasteiger partial charge in [0.15, 0.2) is 0 Å². The van der Waals surface area contributed by atoms with Gasteiger partial charge in [-0.2, -0.15) is 0 Å². The lowest BCUT2D eigenvalue weighted by Crippen LogP contribution is -2.28. The zero-order valence-electron chi connectivity index (χ0n) is 14.2. The van der Waals surface area contributed by atoms with E-state index in [2.05, 4.69) is 45.7 Å². The summed E-state index contributed by atoms with van der Waals surface area (Å²) in [7, 11) is 0. The number of nitrogens with one attached hydrogen (secondary N) is 3. The summed E-state index contributed by atoms with van der Waals surface area (Å²) in [5, 5.41) is 9.78. The molecule has 138 valence electrons. The number of amides is 1. The highest BCUT2D eigenvalue weighted by atomic mass is 79.9. The van der Waals surface area contributed by atoms with Crippen LogP contribution in [-0.2, 0) is 4.79 Å². The molecule has 4 nitrogen and oxygen atoms in total. The molecule has 1 aliphatic heterocycles. The summed E-state index contributed by atoms with van der Waals surface area (Å²) < 4.78 is 0.968. The Labute approximate surface area is 165 Å². The van der Waals surface area contributed by atoms with Crippen LogP contribution in [0.4, 0.5) is 11.4 Å². The maximum Gasteiger partial charge on any atom is 0.224 e. The molecule has 0 aromatic heterocycles. The van der Waals surface area contributed by atoms with E-state index in [0.29, 0.717) is 18.4 Å². The van der Waals surface area contributed by atoms with E-state index in [0.717, 1.165) is 35.4 Å². The summed E-state index contributed by atoms with van der Waals surface area (Å²) in [5.74, 6) is 0.784. The number of benzene rings is 1. The molecule has 7 heteroatoms. The fraction of sp³-hybridized carbons (Fsp3) is 0.588. The van der Waals surface area contributed by atoms with Crippen LogP contribution in [0.1, 0.15) is 39.5 Å². The predicted molar refractivity (Wildman–Crippen MR) is 111 cm³/mol. The Morgan fingerprint density at radius 2 is 1.92 bits per heavy atom. The zero-order valence-corrected chi connectivity index (χ0v) is 17.5. The second-order valence-electron chi connectivity index (χ2n) is 6.27. The molecule has 1 fully saturated rings. The smallest absolute Gasteiger partial charge is 0.224 e. The van der Waals surface area contributed by atoms with Crippen LogP contribution in [0.15, 0.2) is 22.7 Å². The molecular weight excluding hydrogens is 413 g/mol. The maximum atomic E-state index is 12.2. The third-order valence-electron chi connectivity index (χ3n) is 3.94. The molecule has 2 rings (SSSR count). The van der Waals surface area contributed by atoms with E-state index >= 15 is 0 Å². The number of halogens is 3. The van der Waals surface area contributed by atoms with Gasteiger partial charge in [0.05, 0.1) is 11.4 Å². The summed E-state index contributed by atoms with van der Waals surface area (Å²) in [6.07, 6.45) is 3.95. The van der Waals surface area contributed by atoms with Crippen molar-refractivity contribution in [3.05, 3.63) is 22.7 Å². The molecule has 1 amide bonds. The van der Waals surface area contributed by atoms with E-state index in [1.807, 2.05) is 18.2 Å². The molecule has 0 aliphatic carbocycles. The molecule has 1 saturated heterocycles. The minimum atomic E-state index is 0. The summed E-state index contributed by atoms with van der Waals surface area (Å²) in [4.78, 5) is 12.2. The summed E-state index contributed by atoms with van der Waals surface area (Å²) >= 11 is 3.47. The third kappa shape index (κ3) is 8.06. The Hall–Kier alpha value is -0.490. The average molecular weight is 441 g/mol. The van der Waals surface area contributed by atoms with Gasteiger partial charge in [0.2, 0.25) is 5.91 Å². The number of carbonyl (C=O) groups excluding carboxylic acids is 1. The van der Waals surface area contributed by atoms with Crippen molar-refractivity contribution < 1.29 is 4.79 Å². The Balaban J connectivity index is 0.00000264. The molecule has 1 aromatic rings. The second-order valence-corrected chi connectivity index (χ2v) is 7.18. The Morgan fingerprint density at radius 3 is 2.54 bits per heavy atom. The largest absolute Gasteiger partial charge is 0.381 e. The van der Waals surface area contributed by atoms with Crippen molar-refractivity contribution in [2.24, 2.45) is 5.92 Å². The van der Waals surface area contributed by atoms with Crippen LogP contribution < -0.4 is 16.0 Å². The fourth-order valence-electron chi connectivity index (χ4n) is 2.78. The highest BCUT2D eigenvalue weighted by Crippen LogP contribution is 2.27. The van der Waals surface area contributed by atoms with Crippen molar-refractivity contribution in [3.63, 3.8) is 0 Å². The van der Waals surface area contributed by atoms with E-state index in [1.165, 1.54) is 12.8 Å². The van der Waals surface area contributed by atoms with Gasteiger partial charge in [-0.15, -0.1) is 24.8 Å². The van der Waals surface area contributed by atoms with Crippen molar-refractivity contribution in [1.82, 2.24) is 5.32 Å². The highest BCUT2D eigenvalue weighted by Gasteiger charge is 2.15. The van der Waals surface area contributed by atoms with Crippen LogP contribution >= 0.6 is 40.7 Å². The topological polar surface area (TPSA) is 53.2 Å². The minimum absolute atomic E-state index is 0. The maximum absolute atomic E-state index is 12.2. The number of carbonyl (C=O) groups is 1. The van der Waals surface area contributed by atoms with Crippen LogP contribution in [0, 0.1) is 5.92 Å². The third-order valence-corrected chi connectivity index (χ3v) is 4.43. The lowest BCUT2D eigenvalue weighted by atomic mass is 9.93. The monoisotopic (exact) mass is 439 g/mol. The Morgan fingerprint density at radius 1 is 1.25 bits per heavy atom. The lowest BCUT2D eigenvalue weighted by molar-refractivity contribution is -0.116. The molecule has 0 saturated carbocycles. The highest BCUT2D eigenvalue weighted by molar-refractivity contribution is 9.10. The van der Waals surface area contributed by atoms with E-state index in [9.17, 15) is 4.79 Å². The lowest BCUT2D eigenvalue weighted by Gasteiger charge is -2.22. The first-order chi connectivity index (χ1) is 10.5. The quantitative estimate of drug-likeness (QED) is 0.593. The van der Waals surface area contributed by atoms with Crippen LogP contribution in [0.5, 0.6) is 0 Å². The summed E-state index contributed by atoms with van der Waals surface area (Å²) in [6, 6.07) is 6.25. The van der Waals surface area contributed by atoms with Crippen LogP contribution in [0.2, 0.25) is 0 Å². The number of hydrogen-bond donors (Lipinski definition) is 3. The molecule has 0 atom stereocenters. The van der Waals surface area contributed by atoms with Gasteiger partial charge in [-0.3, -0.25) is 4.79 Å². The van der Waals surface area contributed by atoms with Gasteiger partial charge in [0.25, 0.3) is 0 Å². The van der Waals surface area contributed by atoms with Gasteiger partial charge in [-0.05, 0) is 70.3 Å². The van der Waals surface area contributed by atoms with Gasteiger partial charge in [-0.1, -0.05) is 15.9 Å². The summed E-state index contributed by atoms with van der Waals surface area (Å²) in [6.45, 7) is 6.34. The van der Waals surface area contributed by atoms with E-state index in [4.69, 9.17) is 0 Å². The number of hydrogen-bond acceptors (Lipinski definition) is 3. The van der Waals surface area contributed by atoms with E-state index in [-0.39, 0.29) is 30.7 Å². The zero-order chi connectivity index (χ0) is 15.9. The van der Waals surface area contributed by atoms with Crippen molar-refractivity contribution >= 4 is 58.0 Å². The van der Waals surface area contributed by atoms with Crippen LogP contribution in [0.25, 0.3) is 0 Å². The normalized spacial score (nSPS) is 14.5. The van der Waals surface area contributed by atoms with E-state index < -0.39 is 0 Å². The first kappa shape index (κ1) is 23.5. The standard InChI is InChI=1S/C17H26BrN3O.2ClH/c1-12(2)20-15-5-4-14(18)11-16(15)21-17(22)6-3-13-7-9-19-10-8-13;;/h4-5,11-13,19-20H,3,6-10H2,1-2H3,(H,21,22);2*1H. The first-order valence-electron chi connectivity index (χ1n) is 8.11. The van der Waals surface area contributed by atoms with E-state index in [1.54, 1.807) is 0 Å². The van der Waals surface area contributed by atoms with Crippen molar-refractivity contribution in [2.45, 2.75) is 45.6 Å². The van der Waals surface area contributed by atoms with Crippen LogP contribution in [0.3, 0.4) is 0 Å². The molecule has 1 heterocycles. The predicted octanol–water partition coefficient (Wildman–Crippen LogP) is 4.83. The molecule has 1 aromatic carbocycles. The average Bonchev–Trinajstić information content (AvgIpc) is 2.49. The van der Waals surface area contributed by atoms with Gasteiger partial charge < -0.3 is 16.0 Å². The van der Waals surface area contributed by atoms with Gasteiger partial charge >= 0.3 is 0 Å². The molecule has 1 aliphatic rings. The minimum Gasteiger partial charge on any atom is -0.381 e.